The van der Waals surface area contributed by atoms with Crippen molar-refractivity contribution in [1.29, 1.82) is 0 Å². The molecule has 1 aromatic heterocycles. The summed E-state index contributed by atoms with van der Waals surface area (Å²) in [5.74, 6) is 1.06. The normalized spacial score (nSPS) is 10.5. The zero-order chi connectivity index (χ0) is 12.3. The van der Waals surface area contributed by atoms with Crippen molar-refractivity contribution in [1.82, 2.24) is 9.97 Å². The number of rotatable bonds is 3. The van der Waals surface area contributed by atoms with Gasteiger partial charge in [0.05, 0.1) is 0 Å². The van der Waals surface area contributed by atoms with Crippen LogP contribution < -0.4 is 0 Å². The lowest BCUT2D eigenvalue weighted by Crippen LogP contribution is -1.93. The minimum absolute atomic E-state index is 0.296. The average molecular weight is 246 g/mol. The van der Waals surface area contributed by atoms with Crippen molar-refractivity contribution < 1.29 is 5.11 Å². The van der Waals surface area contributed by atoms with E-state index >= 15 is 0 Å². The Bertz CT molecular complexity index is 508. The van der Waals surface area contributed by atoms with Crippen LogP contribution in [0.2, 0.25) is 0 Å². The van der Waals surface area contributed by atoms with E-state index in [-0.39, 0.29) is 0 Å². The van der Waals surface area contributed by atoms with Crippen LogP contribution in [0.3, 0.4) is 0 Å². The van der Waals surface area contributed by atoms with Crippen molar-refractivity contribution in [2.75, 3.05) is 0 Å². The number of nitrogens with zero attached hydrogens (tertiary/aromatic N) is 2. The molecule has 4 heteroatoms. The molecule has 17 heavy (non-hydrogen) atoms. The molecule has 0 aliphatic heterocycles. The van der Waals surface area contributed by atoms with E-state index in [0.29, 0.717) is 5.75 Å². The minimum Gasteiger partial charge on any atom is -0.508 e. The number of phenols is 1. The predicted octanol–water partition coefficient (Wildman–Crippen LogP) is 3.09. The number of thioether (sulfide) groups is 1. The Morgan fingerprint density at radius 3 is 2.47 bits per heavy atom. The molecule has 1 N–H and O–H groups in total. The highest BCUT2D eigenvalue weighted by atomic mass is 32.2. The Hall–Kier alpha value is -1.55. The first kappa shape index (κ1) is 11.9. The van der Waals surface area contributed by atoms with Gasteiger partial charge in [-0.3, -0.25) is 0 Å². The average Bonchev–Trinajstić information content (AvgIpc) is 2.25. The van der Waals surface area contributed by atoms with E-state index in [4.69, 9.17) is 0 Å². The van der Waals surface area contributed by atoms with Gasteiger partial charge < -0.3 is 5.11 Å². The molecule has 0 radical (unpaired) electrons. The van der Waals surface area contributed by atoms with E-state index in [1.54, 1.807) is 23.9 Å². The van der Waals surface area contributed by atoms with E-state index in [1.165, 1.54) is 0 Å². The maximum Gasteiger partial charge on any atom is 0.188 e. The summed E-state index contributed by atoms with van der Waals surface area (Å²) in [6, 6.07) is 9.21. The Labute approximate surface area is 105 Å². The first-order valence-electron chi connectivity index (χ1n) is 5.36. The third kappa shape index (κ3) is 3.46. The van der Waals surface area contributed by atoms with Gasteiger partial charge in [0.15, 0.2) is 5.16 Å². The highest BCUT2D eigenvalue weighted by Crippen LogP contribution is 2.21. The van der Waals surface area contributed by atoms with E-state index < -0.39 is 0 Å². The molecule has 1 heterocycles. The summed E-state index contributed by atoms with van der Waals surface area (Å²) < 4.78 is 0. The highest BCUT2D eigenvalue weighted by molar-refractivity contribution is 7.98. The molecule has 0 spiro atoms. The standard InChI is InChI=1S/C13H14N2OS/c1-9-6-10(2)15-13(14-9)17-8-11-4-3-5-12(16)7-11/h3-7,16H,8H2,1-2H3. The third-order valence-corrected chi connectivity index (χ3v) is 3.16. The largest absolute Gasteiger partial charge is 0.508 e. The fourth-order valence-corrected chi connectivity index (χ4v) is 2.44. The molecule has 0 aliphatic rings. The summed E-state index contributed by atoms with van der Waals surface area (Å²) in [7, 11) is 0. The number of aromatic nitrogens is 2. The number of hydrogen-bond acceptors (Lipinski definition) is 4. The number of phenolic OH excluding ortho intramolecular Hbond substituents is 1. The van der Waals surface area contributed by atoms with Gasteiger partial charge in [-0.2, -0.15) is 0 Å². The summed E-state index contributed by atoms with van der Waals surface area (Å²) in [5, 5.41) is 10.1. The Morgan fingerprint density at radius 1 is 1.12 bits per heavy atom. The molecule has 2 rings (SSSR count). The summed E-state index contributed by atoms with van der Waals surface area (Å²) in [6.07, 6.45) is 0. The van der Waals surface area contributed by atoms with Crippen molar-refractivity contribution in [2.45, 2.75) is 24.8 Å². The highest BCUT2D eigenvalue weighted by Gasteiger charge is 2.02. The van der Waals surface area contributed by atoms with Crippen LogP contribution in [0.5, 0.6) is 5.75 Å². The summed E-state index contributed by atoms with van der Waals surface area (Å²) in [4.78, 5) is 8.72. The van der Waals surface area contributed by atoms with Gasteiger partial charge in [0.1, 0.15) is 5.75 Å². The van der Waals surface area contributed by atoms with E-state index in [1.807, 2.05) is 32.0 Å². The van der Waals surface area contributed by atoms with Gasteiger partial charge in [0, 0.05) is 17.1 Å². The first-order chi connectivity index (χ1) is 8.13. The molecule has 0 saturated heterocycles. The fraction of sp³-hybridized carbons (Fsp3) is 0.231. The zero-order valence-corrected chi connectivity index (χ0v) is 10.7. The van der Waals surface area contributed by atoms with Crippen molar-refractivity contribution >= 4 is 11.8 Å². The molecular weight excluding hydrogens is 232 g/mol. The SMILES string of the molecule is Cc1cc(C)nc(SCc2cccc(O)c2)n1. The van der Waals surface area contributed by atoms with E-state index in [9.17, 15) is 5.11 Å². The number of aromatic hydroxyl groups is 1. The van der Waals surface area contributed by atoms with Crippen LogP contribution in [0, 0.1) is 13.8 Å². The Morgan fingerprint density at radius 2 is 1.82 bits per heavy atom. The lowest BCUT2D eigenvalue weighted by molar-refractivity contribution is 0.475. The number of hydrogen-bond donors (Lipinski definition) is 1. The van der Waals surface area contributed by atoms with Crippen LogP contribution in [0.1, 0.15) is 17.0 Å². The molecule has 0 aliphatic carbocycles. The van der Waals surface area contributed by atoms with Crippen LogP contribution in [0.4, 0.5) is 0 Å². The number of aryl methyl sites for hydroxylation is 2. The van der Waals surface area contributed by atoms with Crippen molar-refractivity contribution in [2.24, 2.45) is 0 Å². The van der Waals surface area contributed by atoms with Crippen LogP contribution in [-0.2, 0) is 5.75 Å². The third-order valence-electron chi connectivity index (χ3n) is 2.24. The molecule has 2 aromatic rings. The van der Waals surface area contributed by atoms with Crippen LogP contribution in [0.15, 0.2) is 35.5 Å². The van der Waals surface area contributed by atoms with Crippen LogP contribution >= 0.6 is 11.8 Å². The van der Waals surface area contributed by atoms with Gasteiger partial charge in [0.2, 0.25) is 0 Å². The van der Waals surface area contributed by atoms with Crippen LogP contribution in [-0.4, -0.2) is 15.1 Å². The van der Waals surface area contributed by atoms with Crippen molar-refractivity contribution in [3.8, 4) is 5.75 Å². The Kier molecular flexibility index (Phi) is 3.64. The molecule has 0 amide bonds. The van der Waals surface area contributed by atoms with Crippen LogP contribution in [0.25, 0.3) is 0 Å². The molecule has 1 aromatic carbocycles. The maximum atomic E-state index is 9.36. The van der Waals surface area contributed by atoms with Gasteiger partial charge in [0.25, 0.3) is 0 Å². The maximum absolute atomic E-state index is 9.36. The van der Waals surface area contributed by atoms with E-state index in [0.717, 1.165) is 27.9 Å². The minimum atomic E-state index is 0.296. The second-order valence-electron chi connectivity index (χ2n) is 3.89. The van der Waals surface area contributed by atoms with Gasteiger partial charge in [-0.15, -0.1) is 0 Å². The molecule has 0 saturated carbocycles. The summed E-state index contributed by atoms with van der Waals surface area (Å²) in [5.41, 5.74) is 3.03. The number of benzene rings is 1. The van der Waals surface area contributed by atoms with Crippen molar-refractivity contribution in [3.63, 3.8) is 0 Å². The fourth-order valence-electron chi connectivity index (χ4n) is 1.55. The second-order valence-corrected chi connectivity index (χ2v) is 4.83. The van der Waals surface area contributed by atoms with E-state index in [2.05, 4.69) is 9.97 Å². The molecule has 0 bridgehead atoms. The Balaban J connectivity index is 2.07. The topological polar surface area (TPSA) is 46.0 Å². The van der Waals surface area contributed by atoms with Crippen molar-refractivity contribution in [3.05, 3.63) is 47.3 Å². The summed E-state index contributed by atoms with van der Waals surface area (Å²) >= 11 is 1.58. The first-order valence-corrected chi connectivity index (χ1v) is 6.35. The quantitative estimate of drug-likeness (QED) is 0.667. The lowest BCUT2D eigenvalue weighted by atomic mass is 10.2. The molecule has 3 nitrogen and oxygen atoms in total. The lowest BCUT2D eigenvalue weighted by Gasteiger charge is -2.03. The molecule has 88 valence electrons. The smallest absolute Gasteiger partial charge is 0.188 e. The molecule has 0 fully saturated rings. The monoisotopic (exact) mass is 246 g/mol. The zero-order valence-electron chi connectivity index (χ0n) is 9.84. The van der Waals surface area contributed by atoms with Gasteiger partial charge in [-0.1, -0.05) is 23.9 Å². The summed E-state index contributed by atoms with van der Waals surface area (Å²) in [6.45, 7) is 3.93. The predicted molar refractivity (Wildman–Crippen MR) is 69.2 cm³/mol. The van der Waals surface area contributed by atoms with Gasteiger partial charge in [-0.05, 0) is 37.6 Å². The molecule has 0 atom stereocenters. The molecule has 0 unspecified atom stereocenters. The van der Waals surface area contributed by atoms with Gasteiger partial charge >= 0.3 is 0 Å². The van der Waals surface area contributed by atoms with Gasteiger partial charge in [-0.25, -0.2) is 9.97 Å². The second kappa shape index (κ2) is 5.19. The molecular formula is C13H14N2OS.